The van der Waals surface area contributed by atoms with E-state index in [1.54, 1.807) is 42.6 Å². The van der Waals surface area contributed by atoms with Crippen LogP contribution in [-0.4, -0.2) is 15.9 Å². The summed E-state index contributed by atoms with van der Waals surface area (Å²) in [5.74, 6) is -3.05. The van der Waals surface area contributed by atoms with Crippen LogP contribution in [0.2, 0.25) is 0 Å². The zero-order valence-corrected chi connectivity index (χ0v) is 14.9. The van der Waals surface area contributed by atoms with E-state index < -0.39 is 17.5 Å². The highest BCUT2D eigenvalue weighted by atomic mass is 19.2. The summed E-state index contributed by atoms with van der Waals surface area (Å²) >= 11 is 0. The summed E-state index contributed by atoms with van der Waals surface area (Å²) in [7, 11) is 0. The first-order valence-corrected chi connectivity index (χ1v) is 8.57. The van der Waals surface area contributed by atoms with Crippen molar-refractivity contribution in [3.63, 3.8) is 0 Å². The number of fused-ring (bicyclic) bond motifs is 1. The van der Waals surface area contributed by atoms with Gasteiger partial charge in [0.1, 0.15) is 5.65 Å². The van der Waals surface area contributed by atoms with Crippen LogP contribution in [0.1, 0.15) is 10.4 Å². The topological polar surface area (TPSA) is 101 Å². The number of halogens is 2. The fourth-order valence-corrected chi connectivity index (χ4v) is 3.08. The maximum Gasteiger partial charge on any atom is 0.249 e. The molecule has 0 saturated carbocycles. The van der Waals surface area contributed by atoms with Crippen LogP contribution in [0.15, 0.2) is 65.6 Å². The molecule has 29 heavy (non-hydrogen) atoms. The molecule has 144 valence electrons. The maximum absolute atomic E-state index is 14.3. The fraction of sp³-hybridized carbons (Fsp3) is 0. The number of carbonyl (C=O) groups excluding carboxylic acids is 1. The summed E-state index contributed by atoms with van der Waals surface area (Å²) in [4.78, 5) is 29.8. The molecule has 0 aliphatic carbocycles. The smallest absolute Gasteiger partial charge is 0.249 e. The third kappa shape index (κ3) is 3.43. The number of anilines is 2. The van der Waals surface area contributed by atoms with E-state index in [1.807, 2.05) is 0 Å². The molecule has 0 fully saturated rings. The first kappa shape index (κ1) is 18.3. The number of nitrogens with one attached hydrogen (secondary N) is 2. The Morgan fingerprint density at radius 2 is 1.76 bits per heavy atom. The molecule has 0 aliphatic rings. The molecule has 6 nitrogen and oxygen atoms in total. The number of hydrogen-bond acceptors (Lipinski definition) is 4. The van der Waals surface area contributed by atoms with Gasteiger partial charge in [0.15, 0.2) is 11.6 Å². The summed E-state index contributed by atoms with van der Waals surface area (Å²) in [6, 6.07) is 13.2. The Hall–Kier alpha value is -4.07. The predicted octanol–water partition coefficient (Wildman–Crippen LogP) is 3.71. The molecule has 2 aromatic carbocycles. The van der Waals surface area contributed by atoms with E-state index in [4.69, 9.17) is 5.73 Å². The van der Waals surface area contributed by atoms with Crippen molar-refractivity contribution in [2.24, 2.45) is 5.73 Å². The normalized spacial score (nSPS) is 10.8. The monoisotopic (exact) mass is 392 g/mol. The van der Waals surface area contributed by atoms with Crippen molar-refractivity contribution in [2.75, 3.05) is 5.32 Å². The van der Waals surface area contributed by atoms with Crippen molar-refractivity contribution in [1.82, 2.24) is 9.97 Å². The molecule has 1 amide bonds. The average molecular weight is 392 g/mol. The number of aromatic nitrogens is 2. The van der Waals surface area contributed by atoms with Gasteiger partial charge in [-0.15, -0.1) is 0 Å². The molecule has 4 rings (SSSR count). The Bertz CT molecular complexity index is 1300. The fourth-order valence-electron chi connectivity index (χ4n) is 3.08. The molecule has 0 atom stereocenters. The largest absolute Gasteiger partial charge is 0.366 e. The molecule has 0 unspecified atom stereocenters. The van der Waals surface area contributed by atoms with Gasteiger partial charge in [0.25, 0.3) is 0 Å². The van der Waals surface area contributed by atoms with E-state index in [9.17, 15) is 18.4 Å². The number of rotatable bonds is 4. The molecule has 0 radical (unpaired) electrons. The molecular formula is C21H14F2N4O2. The lowest BCUT2D eigenvalue weighted by Crippen LogP contribution is -2.13. The summed E-state index contributed by atoms with van der Waals surface area (Å²) in [6.45, 7) is 0. The number of amides is 1. The zero-order valence-electron chi connectivity index (χ0n) is 14.9. The van der Waals surface area contributed by atoms with E-state index in [-0.39, 0.29) is 16.7 Å². The van der Waals surface area contributed by atoms with Gasteiger partial charge in [-0.1, -0.05) is 12.1 Å². The first-order valence-electron chi connectivity index (χ1n) is 8.57. The van der Waals surface area contributed by atoms with Crippen LogP contribution >= 0.6 is 0 Å². The van der Waals surface area contributed by atoms with Crippen LogP contribution in [0.3, 0.4) is 0 Å². The quantitative estimate of drug-likeness (QED) is 0.493. The van der Waals surface area contributed by atoms with E-state index in [0.29, 0.717) is 28.0 Å². The second kappa shape index (κ2) is 7.16. The minimum atomic E-state index is -1.13. The van der Waals surface area contributed by atoms with E-state index in [2.05, 4.69) is 15.3 Å². The summed E-state index contributed by atoms with van der Waals surface area (Å²) < 4.78 is 28.0. The van der Waals surface area contributed by atoms with Gasteiger partial charge in [-0.25, -0.2) is 13.8 Å². The van der Waals surface area contributed by atoms with Gasteiger partial charge in [0, 0.05) is 28.9 Å². The van der Waals surface area contributed by atoms with E-state index >= 15 is 0 Å². The van der Waals surface area contributed by atoms with Crippen molar-refractivity contribution in [3.8, 4) is 11.1 Å². The van der Waals surface area contributed by atoms with Gasteiger partial charge in [0.2, 0.25) is 11.5 Å². The second-order valence-electron chi connectivity index (χ2n) is 6.29. The van der Waals surface area contributed by atoms with Crippen LogP contribution in [0.4, 0.5) is 20.2 Å². The van der Waals surface area contributed by atoms with Crippen molar-refractivity contribution in [2.45, 2.75) is 0 Å². The average Bonchev–Trinajstić information content (AvgIpc) is 2.70. The Kier molecular flexibility index (Phi) is 4.52. The third-order valence-electron chi connectivity index (χ3n) is 4.45. The molecule has 0 spiro atoms. The summed E-state index contributed by atoms with van der Waals surface area (Å²) in [6.07, 6.45) is 1.55. The lowest BCUT2D eigenvalue weighted by Gasteiger charge is -2.12. The number of primary amides is 1. The van der Waals surface area contributed by atoms with Crippen LogP contribution in [0, 0.1) is 11.6 Å². The Morgan fingerprint density at radius 3 is 2.48 bits per heavy atom. The molecule has 2 aromatic heterocycles. The molecular weight excluding hydrogens is 378 g/mol. The summed E-state index contributed by atoms with van der Waals surface area (Å²) in [5.41, 5.74) is 6.86. The Balaban J connectivity index is 1.71. The highest BCUT2D eigenvalue weighted by Crippen LogP contribution is 2.30. The van der Waals surface area contributed by atoms with Gasteiger partial charge in [0.05, 0.1) is 11.3 Å². The van der Waals surface area contributed by atoms with E-state index in [0.717, 1.165) is 12.1 Å². The molecule has 0 bridgehead atoms. The van der Waals surface area contributed by atoms with Crippen LogP contribution in [0.5, 0.6) is 0 Å². The number of nitrogens with two attached hydrogens (primary N) is 1. The number of hydrogen-bond donors (Lipinski definition) is 3. The third-order valence-corrected chi connectivity index (χ3v) is 4.45. The molecule has 4 aromatic rings. The number of H-pyrrole nitrogens is 1. The lowest BCUT2D eigenvalue weighted by molar-refractivity contribution is 0.100. The second-order valence-corrected chi connectivity index (χ2v) is 6.29. The highest BCUT2D eigenvalue weighted by molar-refractivity contribution is 6.00. The maximum atomic E-state index is 14.3. The van der Waals surface area contributed by atoms with Crippen molar-refractivity contribution < 1.29 is 13.6 Å². The van der Waals surface area contributed by atoms with E-state index in [1.165, 1.54) is 6.07 Å². The van der Waals surface area contributed by atoms with Gasteiger partial charge < -0.3 is 16.0 Å². The minimum absolute atomic E-state index is 0.103. The first-order chi connectivity index (χ1) is 13.9. The Morgan fingerprint density at radius 1 is 1.00 bits per heavy atom. The molecule has 0 saturated heterocycles. The van der Waals surface area contributed by atoms with Gasteiger partial charge in [-0.3, -0.25) is 9.59 Å². The minimum Gasteiger partial charge on any atom is -0.366 e. The van der Waals surface area contributed by atoms with Gasteiger partial charge >= 0.3 is 0 Å². The van der Waals surface area contributed by atoms with Crippen molar-refractivity contribution in [3.05, 3.63) is 88.3 Å². The number of pyridine rings is 2. The zero-order chi connectivity index (χ0) is 20.5. The summed E-state index contributed by atoms with van der Waals surface area (Å²) in [5, 5.41) is 3.90. The van der Waals surface area contributed by atoms with Crippen LogP contribution in [0.25, 0.3) is 22.2 Å². The number of aromatic amines is 1. The Labute approximate surface area is 163 Å². The molecule has 4 N–H and O–H groups in total. The number of nitrogens with zero attached hydrogens (tertiary/aromatic N) is 1. The van der Waals surface area contributed by atoms with Crippen molar-refractivity contribution in [1.29, 1.82) is 0 Å². The van der Waals surface area contributed by atoms with Crippen molar-refractivity contribution >= 4 is 28.3 Å². The van der Waals surface area contributed by atoms with Gasteiger partial charge in [-0.2, -0.15) is 0 Å². The predicted molar refractivity (Wildman–Crippen MR) is 106 cm³/mol. The number of benzene rings is 2. The molecule has 0 aliphatic heterocycles. The SMILES string of the molecule is NC(=O)c1ccc(F)c(F)c1-c1ccc(Nc2ccnc3[nH]c(=O)ccc23)cc1. The lowest BCUT2D eigenvalue weighted by atomic mass is 9.98. The molecule has 8 heteroatoms. The van der Waals surface area contributed by atoms with Crippen LogP contribution in [-0.2, 0) is 0 Å². The number of carbonyl (C=O) groups is 1. The standard InChI is InChI=1S/C21H14F2N4O2/c22-15-7-5-14(20(24)29)18(19(15)23)11-1-3-12(4-2-11)26-16-9-10-25-21-13(16)6-8-17(28)27-21/h1-10H,(H2,24,29)(H2,25,26,27,28). The molecule has 2 heterocycles. The van der Waals surface area contributed by atoms with Crippen LogP contribution < -0.4 is 16.6 Å². The van der Waals surface area contributed by atoms with Gasteiger partial charge in [-0.05, 0) is 42.0 Å². The highest BCUT2D eigenvalue weighted by Gasteiger charge is 2.18.